The third-order valence-corrected chi connectivity index (χ3v) is 2.88. The molecule has 0 bridgehead atoms. The Bertz CT molecular complexity index is 541. The molecule has 0 saturated carbocycles. The largest absolute Gasteiger partial charge is 0.406 e. The highest BCUT2D eigenvalue weighted by Crippen LogP contribution is 2.22. The van der Waals surface area contributed by atoms with Gasteiger partial charge in [-0.25, -0.2) is 0 Å². The van der Waals surface area contributed by atoms with Gasteiger partial charge >= 0.3 is 6.01 Å². The van der Waals surface area contributed by atoms with Gasteiger partial charge in [0.05, 0.1) is 12.6 Å². The molecule has 108 valence electrons. The van der Waals surface area contributed by atoms with Crippen LogP contribution >= 0.6 is 0 Å². The zero-order valence-electron chi connectivity index (χ0n) is 12.0. The number of benzene rings is 1. The number of ether oxygens (including phenoxy) is 1. The smallest absolute Gasteiger partial charge is 0.320 e. The molecule has 1 aromatic carbocycles. The van der Waals surface area contributed by atoms with E-state index in [0.717, 1.165) is 17.8 Å². The quantitative estimate of drug-likeness (QED) is 0.810. The molecule has 6 nitrogen and oxygen atoms in total. The molecule has 6 heteroatoms. The van der Waals surface area contributed by atoms with Crippen LogP contribution in [0.1, 0.15) is 31.3 Å². The molecule has 2 N–H and O–H groups in total. The molecule has 0 aliphatic heterocycles. The van der Waals surface area contributed by atoms with Gasteiger partial charge in [0, 0.05) is 18.4 Å². The lowest BCUT2D eigenvalue weighted by atomic mass is 10.2. The van der Waals surface area contributed by atoms with Gasteiger partial charge in [-0.1, -0.05) is 30.2 Å². The van der Waals surface area contributed by atoms with Crippen molar-refractivity contribution in [3.05, 3.63) is 35.7 Å². The monoisotopic (exact) mass is 276 g/mol. The average Bonchev–Trinajstić information content (AvgIpc) is 2.90. The summed E-state index contributed by atoms with van der Waals surface area (Å²) in [4.78, 5) is 0. The summed E-state index contributed by atoms with van der Waals surface area (Å²) < 4.78 is 10.8. The van der Waals surface area contributed by atoms with Crippen molar-refractivity contribution in [3.63, 3.8) is 0 Å². The highest BCUT2D eigenvalue weighted by Gasteiger charge is 2.13. The number of hydrogen-bond donors (Lipinski definition) is 2. The van der Waals surface area contributed by atoms with E-state index in [9.17, 15) is 0 Å². The van der Waals surface area contributed by atoms with Crippen LogP contribution in [-0.4, -0.2) is 23.9 Å². The van der Waals surface area contributed by atoms with E-state index in [2.05, 4.69) is 20.8 Å². The first kappa shape index (κ1) is 14.5. The van der Waals surface area contributed by atoms with Crippen LogP contribution in [0.3, 0.4) is 0 Å². The maximum absolute atomic E-state index is 5.60. The Morgan fingerprint density at radius 3 is 2.85 bits per heavy atom. The van der Waals surface area contributed by atoms with Gasteiger partial charge in [-0.15, -0.1) is 5.10 Å². The lowest BCUT2D eigenvalue weighted by Gasteiger charge is -2.08. The summed E-state index contributed by atoms with van der Waals surface area (Å²) in [6, 6.07) is 8.27. The maximum Gasteiger partial charge on any atom is 0.320 e. The molecule has 20 heavy (non-hydrogen) atoms. The number of anilines is 2. The van der Waals surface area contributed by atoms with Gasteiger partial charge in [0.25, 0.3) is 0 Å². The van der Waals surface area contributed by atoms with Crippen LogP contribution in [0.4, 0.5) is 11.7 Å². The van der Waals surface area contributed by atoms with Crippen molar-refractivity contribution in [3.8, 4) is 0 Å². The van der Waals surface area contributed by atoms with Gasteiger partial charge in [-0.3, -0.25) is 0 Å². The first-order valence-corrected chi connectivity index (χ1v) is 6.65. The minimum atomic E-state index is 0.0391. The molecule has 0 radical (unpaired) electrons. The van der Waals surface area contributed by atoms with Crippen molar-refractivity contribution in [2.75, 3.05) is 19.0 Å². The van der Waals surface area contributed by atoms with Gasteiger partial charge in [0.2, 0.25) is 5.89 Å². The van der Waals surface area contributed by atoms with Gasteiger partial charge in [-0.05, 0) is 19.5 Å². The number of nitrogens with one attached hydrogen (secondary N) is 2. The van der Waals surface area contributed by atoms with Crippen molar-refractivity contribution in [1.29, 1.82) is 0 Å². The van der Waals surface area contributed by atoms with E-state index in [1.807, 2.05) is 38.1 Å². The summed E-state index contributed by atoms with van der Waals surface area (Å²) in [5.41, 5.74) is 1.94. The average molecular weight is 276 g/mol. The Morgan fingerprint density at radius 2 is 2.10 bits per heavy atom. The number of para-hydroxylation sites is 1. The molecule has 2 aromatic rings. The summed E-state index contributed by atoms with van der Waals surface area (Å²) >= 11 is 0. The molecular formula is C14H20N4O2. The Kier molecular flexibility index (Phi) is 5.09. The first-order valence-electron chi connectivity index (χ1n) is 6.65. The van der Waals surface area contributed by atoms with E-state index in [-0.39, 0.29) is 6.04 Å². The second-order valence-electron chi connectivity index (χ2n) is 4.44. The predicted octanol–water partition coefficient (Wildman–Crippen LogP) is 2.63. The Labute approximate surface area is 118 Å². The van der Waals surface area contributed by atoms with E-state index in [0.29, 0.717) is 18.5 Å². The molecular weight excluding hydrogens is 256 g/mol. The second kappa shape index (κ2) is 7.02. The van der Waals surface area contributed by atoms with E-state index in [1.165, 1.54) is 0 Å². The molecule has 1 heterocycles. The highest BCUT2D eigenvalue weighted by atomic mass is 16.5. The molecule has 0 aliphatic carbocycles. The number of hydrogen-bond acceptors (Lipinski definition) is 6. The number of nitrogens with zero attached hydrogens (tertiary/aromatic N) is 2. The van der Waals surface area contributed by atoms with Gasteiger partial charge in [0.1, 0.15) is 0 Å². The van der Waals surface area contributed by atoms with Crippen LogP contribution in [0, 0.1) is 0 Å². The van der Waals surface area contributed by atoms with Crippen molar-refractivity contribution in [2.45, 2.75) is 26.5 Å². The number of methoxy groups -OCH3 is 1. The second-order valence-corrected chi connectivity index (χ2v) is 4.44. The summed E-state index contributed by atoms with van der Waals surface area (Å²) in [6.45, 7) is 5.40. The first-order chi connectivity index (χ1) is 9.74. The minimum absolute atomic E-state index is 0.0391. The normalized spacial score (nSPS) is 12.3. The molecule has 1 aromatic heterocycles. The van der Waals surface area contributed by atoms with E-state index in [4.69, 9.17) is 9.15 Å². The van der Waals surface area contributed by atoms with E-state index >= 15 is 0 Å². The third kappa shape index (κ3) is 3.55. The number of aromatic nitrogens is 2. The SMILES string of the molecule is CCNC(C)c1nnc(Nc2ccccc2COC)o1. The summed E-state index contributed by atoms with van der Waals surface area (Å²) in [7, 11) is 1.67. The number of rotatable bonds is 7. The fourth-order valence-corrected chi connectivity index (χ4v) is 1.89. The standard InChI is InChI=1S/C14H20N4O2/c1-4-15-10(2)13-17-18-14(20-13)16-12-8-6-5-7-11(12)9-19-3/h5-8,10,15H,4,9H2,1-3H3,(H,16,18). The zero-order valence-corrected chi connectivity index (χ0v) is 12.0. The van der Waals surface area contributed by atoms with Crippen LogP contribution in [0.15, 0.2) is 28.7 Å². The Hall–Kier alpha value is -1.92. The summed E-state index contributed by atoms with van der Waals surface area (Å²) in [5.74, 6) is 0.568. The topological polar surface area (TPSA) is 72.2 Å². The lowest BCUT2D eigenvalue weighted by molar-refractivity contribution is 0.185. The van der Waals surface area contributed by atoms with Crippen molar-refractivity contribution < 1.29 is 9.15 Å². The molecule has 0 fully saturated rings. The van der Waals surface area contributed by atoms with Crippen molar-refractivity contribution in [1.82, 2.24) is 15.5 Å². The lowest BCUT2D eigenvalue weighted by Crippen LogP contribution is -2.17. The molecule has 0 aliphatic rings. The molecule has 0 spiro atoms. The van der Waals surface area contributed by atoms with Crippen LogP contribution in [-0.2, 0) is 11.3 Å². The van der Waals surface area contributed by atoms with Crippen LogP contribution in [0.5, 0.6) is 0 Å². The third-order valence-electron chi connectivity index (χ3n) is 2.88. The molecule has 2 rings (SSSR count). The van der Waals surface area contributed by atoms with Crippen molar-refractivity contribution >= 4 is 11.7 Å². The van der Waals surface area contributed by atoms with E-state index < -0.39 is 0 Å². The maximum atomic E-state index is 5.60. The predicted molar refractivity (Wildman–Crippen MR) is 76.8 cm³/mol. The molecule has 1 atom stereocenters. The van der Waals surface area contributed by atoms with Gasteiger partial charge in [-0.2, -0.15) is 0 Å². The van der Waals surface area contributed by atoms with Crippen LogP contribution in [0.25, 0.3) is 0 Å². The minimum Gasteiger partial charge on any atom is -0.406 e. The highest BCUT2D eigenvalue weighted by molar-refractivity contribution is 5.57. The Balaban J connectivity index is 2.10. The van der Waals surface area contributed by atoms with Crippen molar-refractivity contribution in [2.24, 2.45) is 0 Å². The molecule has 1 unspecified atom stereocenters. The van der Waals surface area contributed by atoms with Crippen LogP contribution in [0.2, 0.25) is 0 Å². The van der Waals surface area contributed by atoms with E-state index in [1.54, 1.807) is 7.11 Å². The molecule has 0 saturated heterocycles. The fourth-order valence-electron chi connectivity index (χ4n) is 1.89. The summed E-state index contributed by atoms with van der Waals surface area (Å²) in [6.07, 6.45) is 0. The molecule has 0 amide bonds. The Morgan fingerprint density at radius 1 is 1.30 bits per heavy atom. The summed E-state index contributed by atoms with van der Waals surface area (Å²) in [5, 5.41) is 14.4. The van der Waals surface area contributed by atoms with Crippen LogP contribution < -0.4 is 10.6 Å². The van der Waals surface area contributed by atoms with Gasteiger partial charge < -0.3 is 19.8 Å². The van der Waals surface area contributed by atoms with Gasteiger partial charge in [0.15, 0.2) is 0 Å². The fraction of sp³-hybridized carbons (Fsp3) is 0.429. The zero-order chi connectivity index (χ0) is 14.4.